The van der Waals surface area contributed by atoms with Gasteiger partial charge in [0.05, 0.1) is 30.4 Å². The molecule has 0 fully saturated rings. The highest BCUT2D eigenvalue weighted by atomic mass is 16.7. The maximum atomic E-state index is 13.5. The Labute approximate surface area is 219 Å². The van der Waals surface area contributed by atoms with E-state index in [1.54, 1.807) is 49.6 Å². The molecule has 1 unspecified atom stereocenters. The summed E-state index contributed by atoms with van der Waals surface area (Å²) in [5, 5.41) is 14.8. The van der Waals surface area contributed by atoms with Gasteiger partial charge >= 0.3 is 12.0 Å². The van der Waals surface area contributed by atoms with Crippen LogP contribution in [0.3, 0.4) is 0 Å². The molecule has 2 aliphatic rings. The number of nitrogens with one attached hydrogen (secondary N) is 2. The summed E-state index contributed by atoms with van der Waals surface area (Å²) in [5.74, 6) is 1.37. The lowest BCUT2D eigenvalue weighted by Crippen LogP contribution is -2.46. The van der Waals surface area contributed by atoms with Crippen LogP contribution in [-0.2, 0) is 22.6 Å². The van der Waals surface area contributed by atoms with E-state index in [0.29, 0.717) is 58.1 Å². The first-order valence-electron chi connectivity index (χ1n) is 12.0. The average Bonchev–Trinajstić information content (AvgIpc) is 3.42. The zero-order valence-corrected chi connectivity index (χ0v) is 20.7. The number of nitriles is 1. The SMILES string of the molecule is COc1cccc(C2NC(=O)NC(CCc3ccc4c(c3)OCO4)=C2C(=O)OCc2cccc(C#N)c2)c1. The number of nitrogens with zero attached hydrogens (tertiary/aromatic N) is 1. The number of benzene rings is 3. The summed E-state index contributed by atoms with van der Waals surface area (Å²) in [7, 11) is 1.55. The van der Waals surface area contributed by atoms with Crippen molar-refractivity contribution in [2.75, 3.05) is 13.9 Å². The first-order valence-corrected chi connectivity index (χ1v) is 12.0. The van der Waals surface area contributed by atoms with Crippen LogP contribution >= 0.6 is 0 Å². The normalized spacial score (nSPS) is 15.8. The van der Waals surface area contributed by atoms with Gasteiger partial charge < -0.3 is 29.6 Å². The molecule has 2 heterocycles. The molecule has 0 aliphatic carbocycles. The van der Waals surface area contributed by atoms with Gasteiger partial charge in [0.1, 0.15) is 12.4 Å². The minimum Gasteiger partial charge on any atom is -0.497 e. The van der Waals surface area contributed by atoms with Crippen LogP contribution in [0, 0.1) is 11.3 Å². The Hall–Kier alpha value is -4.97. The number of aryl methyl sites for hydroxylation is 1. The van der Waals surface area contributed by atoms with Crippen LogP contribution < -0.4 is 24.8 Å². The highest BCUT2D eigenvalue weighted by molar-refractivity contribution is 5.95. The number of carbonyl (C=O) groups excluding carboxylic acids is 2. The second kappa shape index (κ2) is 11.0. The molecule has 2 aliphatic heterocycles. The molecular weight excluding hydrogens is 486 g/mol. The molecule has 9 heteroatoms. The Morgan fingerprint density at radius 3 is 2.71 bits per heavy atom. The highest BCUT2D eigenvalue weighted by Gasteiger charge is 2.34. The fraction of sp³-hybridized carbons (Fsp3) is 0.207. The molecule has 2 N–H and O–H groups in total. The molecule has 0 spiro atoms. The van der Waals surface area contributed by atoms with Gasteiger partial charge in [-0.3, -0.25) is 0 Å². The van der Waals surface area contributed by atoms with Crippen LogP contribution in [0.5, 0.6) is 17.2 Å². The van der Waals surface area contributed by atoms with E-state index >= 15 is 0 Å². The second-order valence-electron chi connectivity index (χ2n) is 8.78. The molecular formula is C29H25N3O6. The third-order valence-corrected chi connectivity index (χ3v) is 6.33. The Morgan fingerprint density at radius 2 is 1.87 bits per heavy atom. The predicted molar refractivity (Wildman–Crippen MR) is 136 cm³/mol. The number of urea groups is 1. The number of fused-ring (bicyclic) bond motifs is 1. The molecule has 0 saturated heterocycles. The van der Waals surface area contributed by atoms with E-state index in [1.807, 2.05) is 24.3 Å². The molecule has 3 aromatic rings. The number of rotatable bonds is 8. The van der Waals surface area contributed by atoms with Gasteiger partial charge in [0, 0.05) is 5.70 Å². The van der Waals surface area contributed by atoms with Crippen molar-refractivity contribution in [2.45, 2.75) is 25.5 Å². The number of esters is 1. The van der Waals surface area contributed by atoms with E-state index in [9.17, 15) is 14.9 Å². The molecule has 0 aromatic heterocycles. The van der Waals surface area contributed by atoms with E-state index in [2.05, 4.69) is 16.7 Å². The van der Waals surface area contributed by atoms with Gasteiger partial charge in [-0.05, 0) is 65.9 Å². The monoisotopic (exact) mass is 511 g/mol. The smallest absolute Gasteiger partial charge is 0.338 e. The van der Waals surface area contributed by atoms with Gasteiger partial charge in [-0.25, -0.2) is 9.59 Å². The minimum atomic E-state index is -0.747. The largest absolute Gasteiger partial charge is 0.497 e. The standard InChI is InChI=1S/C29H25N3O6/c1-35-22-7-3-6-21(14-22)27-26(28(33)36-16-20-5-2-4-19(12-20)15-30)23(31-29(34)32-27)10-8-18-9-11-24-25(13-18)38-17-37-24/h2-7,9,11-14,27H,8,10,16-17H2,1H3,(H2,31,32,34). The summed E-state index contributed by atoms with van der Waals surface area (Å²) in [4.78, 5) is 26.2. The van der Waals surface area contributed by atoms with E-state index in [1.165, 1.54) is 0 Å². The number of allylic oxidation sites excluding steroid dienone is 1. The fourth-order valence-electron chi connectivity index (χ4n) is 4.45. The van der Waals surface area contributed by atoms with Gasteiger partial charge in [-0.15, -0.1) is 0 Å². The van der Waals surface area contributed by atoms with Gasteiger partial charge in [0.25, 0.3) is 0 Å². The zero-order valence-electron chi connectivity index (χ0n) is 20.7. The zero-order chi connectivity index (χ0) is 26.5. The van der Waals surface area contributed by atoms with Crippen LogP contribution in [0.25, 0.3) is 0 Å². The summed E-state index contributed by atoms with van der Waals surface area (Å²) in [6.07, 6.45) is 0.917. The van der Waals surface area contributed by atoms with Crippen molar-refractivity contribution in [3.8, 4) is 23.3 Å². The molecule has 38 heavy (non-hydrogen) atoms. The molecule has 2 amide bonds. The van der Waals surface area contributed by atoms with Crippen molar-refractivity contribution in [1.29, 1.82) is 5.26 Å². The summed E-state index contributed by atoms with van der Waals surface area (Å²) in [6.45, 7) is 0.160. The fourth-order valence-corrected chi connectivity index (χ4v) is 4.45. The van der Waals surface area contributed by atoms with Gasteiger partial charge in [-0.2, -0.15) is 5.26 Å². The van der Waals surface area contributed by atoms with E-state index in [4.69, 9.17) is 18.9 Å². The second-order valence-corrected chi connectivity index (χ2v) is 8.78. The Kier molecular flexibility index (Phi) is 7.13. The van der Waals surface area contributed by atoms with E-state index < -0.39 is 18.0 Å². The molecule has 0 saturated carbocycles. The first-order chi connectivity index (χ1) is 18.5. The van der Waals surface area contributed by atoms with Crippen LogP contribution in [-0.4, -0.2) is 25.9 Å². The predicted octanol–water partition coefficient (Wildman–Crippen LogP) is 4.28. The van der Waals surface area contributed by atoms with Crippen molar-refractivity contribution >= 4 is 12.0 Å². The molecule has 1 atom stereocenters. The molecule has 0 bridgehead atoms. The molecule has 3 aromatic carbocycles. The highest BCUT2D eigenvalue weighted by Crippen LogP contribution is 2.34. The van der Waals surface area contributed by atoms with Gasteiger partial charge in [0.15, 0.2) is 11.5 Å². The molecule has 5 rings (SSSR count). The number of methoxy groups -OCH3 is 1. The molecule has 9 nitrogen and oxygen atoms in total. The summed E-state index contributed by atoms with van der Waals surface area (Å²) >= 11 is 0. The summed E-state index contributed by atoms with van der Waals surface area (Å²) < 4.78 is 21.9. The lowest BCUT2D eigenvalue weighted by atomic mass is 9.93. The lowest BCUT2D eigenvalue weighted by molar-refractivity contribution is -0.140. The van der Waals surface area contributed by atoms with Crippen LogP contribution in [0.4, 0.5) is 4.79 Å². The Morgan fingerprint density at radius 1 is 1.03 bits per heavy atom. The van der Waals surface area contributed by atoms with Crippen molar-refractivity contribution in [1.82, 2.24) is 10.6 Å². The number of ether oxygens (including phenoxy) is 4. The maximum absolute atomic E-state index is 13.5. The number of amides is 2. The van der Waals surface area contributed by atoms with Crippen molar-refractivity contribution in [3.05, 3.63) is 100 Å². The van der Waals surface area contributed by atoms with E-state index in [0.717, 1.165) is 5.56 Å². The topological polar surface area (TPSA) is 119 Å². The average molecular weight is 512 g/mol. The quantitative estimate of drug-likeness (QED) is 0.433. The van der Waals surface area contributed by atoms with Crippen molar-refractivity contribution < 1.29 is 28.5 Å². The van der Waals surface area contributed by atoms with Crippen molar-refractivity contribution in [3.63, 3.8) is 0 Å². The van der Waals surface area contributed by atoms with Gasteiger partial charge in [-0.1, -0.05) is 30.3 Å². The number of hydrogen-bond acceptors (Lipinski definition) is 7. The minimum absolute atomic E-state index is 0.0218. The summed E-state index contributed by atoms with van der Waals surface area (Å²) in [6, 6.07) is 20.6. The third kappa shape index (κ3) is 5.39. The van der Waals surface area contributed by atoms with Gasteiger partial charge in [0.2, 0.25) is 6.79 Å². The lowest BCUT2D eigenvalue weighted by Gasteiger charge is -2.29. The number of hydrogen-bond donors (Lipinski definition) is 2. The molecule has 192 valence electrons. The third-order valence-electron chi connectivity index (χ3n) is 6.33. The maximum Gasteiger partial charge on any atom is 0.338 e. The Bertz CT molecular complexity index is 1460. The van der Waals surface area contributed by atoms with Crippen LogP contribution in [0.1, 0.15) is 34.7 Å². The van der Waals surface area contributed by atoms with E-state index in [-0.39, 0.29) is 13.4 Å². The Balaban J connectivity index is 1.45. The van der Waals surface area contributed by atoms with Crippen molar-refractivity contribution in [2.24, 2.45) is 0 Å². The summed E-state index contributed by atoms with van der Waals surface area (Å²) in [5.41, 5.74) is 3.57. The first kappa shape index (κ1) is 24.7. The molecule has 0 radical (unpaired) electrons. The number of carbonyl (C=O) groups is 2. The van der Waals surface area contributed by atoms with Crippen LogP contribution in [0.15, 0.2) is 78.0 Å². The van der Waals surface area contributed by atoms with Crippen LogP contribution in [0.2, 0.25) is 0 Å².